The lowest BCUT2D eigenvalue weighted by Gasteiger charge is -2.20. The molecule has 1 aromatic rings. The van der Waals surface area contributed by atoms with Gasteiger partial charge in [0.25, 0.3) is 0 Å². The summed E-state index contributed by atoms with van der Waals surface area (Å²) < 4.78 is 0. The molecule has 0 radical (unpaired) electrons. The van der Waals surface area contributed by atoms with Crippen LogP contribution in [0.3, 0.4) is 0 Å². The molecule has 0 unspecified atom stereocenters. The topological polar surface area (TPSA) is 12.0 Å². The number of piperidine rings is 1. The van der Waals surface area contributed by atoms with E-state index in [-0.39, 0.29) is 0 Å². The SMILES string of the molecule is C(=C\c1ccccc1)/CC1CCNCC1. The van der Waals surface area contributed by atoms with E-state index in [0.29, 0.717) is 0 Å². The molecule has 0 atom stereocenters. The molecule has 1 heteroatoms. The average molecular weight is 201 g/mol. The first-order chi connectivity index (χ1) is 7.45. The zero-order valence-electron chi connectivity index (χ0n) is 9.15. The van der Waals surface area contributed by atoms with Crippen LogP contribution in [0.25, 0.3) is 6.08 Å². The van der Waals surface area contributed by atoms with Gasteiger partial charge in [-0.15, -0.1) is 0 Å². The van der Waals surface area contributed by atoms with Crippen molar-refractivity contribution < 1.29 is 0 Å². The Bertz CT molecular complexity index is 296. The largest absolute Gasteiger partial charge is 0.317 e. The molecule has 1 heterocycles. The van der Waals surface area contributed by atoms with E-state index >= 15 is 0 Å². The molecular weight excluding hydrogens is 182 g/mol. The second kappa shape index (κ2) is 5.72. The van der Waals surface area contributed by atoms with Crippen molar-refractivity contribution in [2.75, 3.05) is 13.1 Å². The van der Waals surface area contributed by atoms with E-state index < -0.39 is 0 Å². The molecule has 0 spiro atoms. The Morgan fingerprint density at radius 2 is 1.87 bits per heavy atom. The fourth-order valence-corrected chi connectivity index (χ4v) is 2.08. The summed E-state index contributed by atoms with van der Waals surface area (Å²) in [6, 6.07) is 10.5. The molecule has 0 amide bonds. The van der Waals surface area contributed by atoms with Gasteiger partial charge < -0.3 is 5.32 Å². The molecule has 1 fully saturated rings. The summed E-state index contributed by atoms with van der Waals surface area (Å²) >= 11 is 0. The minimum atomic E-state index is 0.895. The van der Waals surface area contributed by atoms with Crippen LogP contribution >= 0.6 is 0 Å². The molecule has 1 aliphatic rings. The van der Waals surface area contributed by atoms with Gasteiger partial charge in [-0.05, 0) is 43.8 Å². The molecule has 2 rings (SSSR count). The lowest BCUT2D eigenvalue weighted by molar-refractivity contribution is 0.378. The maximum Gasteiger partial charge on any atom is -0.00462 e. The summed E-state index contributed by atoms with van der Waals surface area (Å²) in [7, 11) is 0. The van der Waals surface area contributed by atoms with E-state index in [1.807, 2.05) is 0 Å². The zero-order chi connectivity index (χ0) is 10.3. The third kappa shape index (κ3) is 3.52. The summed E-state index contributed by atoms with van der Waals surface area (Å²) in [6.07, 6.45) is 8.46. The highest BCUT2D eigenvalue weighted by Crippen LogP contribution is 2.16. The molecule has 0 aliphatic carbocycles. The highest BCUT2D eigenvalue weighted by molar-refractivity contribution is 5.48. The third-order valence-corrected chi connectivity index (χ3v) is 3.04. The maximum atomic E-state index is 3.40. The normalized spacial score (nSPS) is 18.4. The molecule has 0 aromatic heterocycles. The highest BCUT2D eigenvalue weighted by atomic mass is 14.9. The van der Waals surface area contributed by atoms with Gasteiger partial charge in [-0.3, -0.25) is 0 Å². The summed E-state index contributed by atoms with van der Waals surface area (Å²) in [6.45, 7) is 2.40. The predicted octanol–water partition coefficient (Wildman–Crippen LogP) is 3.09. The Kier molecular flexibility index (Phi) is 3.98. The summed E-state index contributed by atoms with van der Waals surface area (Å²) in [5, 5.41) is 3.40. The first kappa shape index (κ1) is 10.4. The van der Waals surface area contributed by atoms with E-state index in [1.54, 1.807) is 0 Å². The number of hydrogen-bond acceptors (Lipinski definition) is 1. The van der Waals surface area contributed by atoms with Crippen molar-refractivity contribution >= 4 is 6.08 Å². The van der Waals surface area contributed by atoms with Crippen molar-refractivity contribution in [1.29, 1.82) is 0 Å². The molecule has 0 saturated carbocycles. The van der Waals surface area contributed by atoms with Gasteiger partial charge in [-0.1, -0.05) is 42.5 Å². The van der Waals surface area contributed by atoms with E-state index in [1.165, 1.54) is 37.9 Å². The van der Waals surface area contributed by atoms with Gasteiger partial charge in [0.05, 0.1) is 0 Å². The van der Waals surface area contributed by atoms with Gasteiger partial charge in [-0.2, -0.15) is 0 Å². The van der Waals surface area contributed by atoms with Crippen molar-refractivity contribution in [2.45, 2.75) is 19.3 Å². The Hall–Kier alpha value is -1.08. The number of allylic oxidation sites excluding steroid dienone is 1. The second-order valence-corrected chi connectivity index (χ2v) is 4.24. The van der Waals surface area contributed by atoms with Crippen LogP contribution in [0, 0.1) is 5.92 Å². The molecule has 80 valence electrons. The molecule has 0 bridgehead atoms. The molecule has 1 aliphatic heterocycles. The van der Waals surface area contributed by atoms with E-state index in [4.69, 9.17) is 0 Å². The molecule has 1 aromatic carbocycles. The minimum absolute atomic E-state index is 0.895. The van der Waals surface area contributed by atoms with Crippen LogP contribution in [0.15, 0.2) is 36.4 Å². The monoisotopic (exact) mass is 201 g/mol. The number of benzene rings is 1. The highest BCUT2D eigenvalue weighted by Gasteiger charge is 2.10. The Balaban J connectivity index is 1.79. The van der Waals surface area contributed by atoms with Crippen LogP contribution in [0.4, 0.5) is 0 Å². The van der Waals surface area contributed by atoms with E-state index in [9.17, 15) is 0 Å². The van der Waals surface area contributed by atoms with Gasteiger partial charge in [0.2, 0.25) is 0 Å². The molecular formula is C14H19N. The van der Waals surface area contributed by atoms with E-state index in [2.05, 4.69) is 47.8 Å². The quantitative estimate of drug-likeness (QED) is 0.792. The van der Waals surface area contributed by atoms with Crippen LogP contribution in [-0.4, -0.2) is 13.1 Å². The van der Waals surface area contributed by atoms with Gasteiger partial charge in [-0.25, -0.2) is 0 Å². The maximum absolute atomic E-state index is 3.40. The van der Waals surface area contributed by atoms with Crippen molar-refractivity contribution in [3.8, 4) is 0 Å². The fraction of sp³-hybridized carbons (Fsp3) is 0.429. The van der Waals surface area contributed by atoms with Crippen LogP contribution in [0.5, 0.6) is 0 Å². The van der Waals surface area contributed by atoms with Crippen LogP contribution in [0.1, 0.15) is 24.8 Å². The predicted molar refractivity (Wildman–Crippen MR) is 65.7 cm³/mol. The van der Waals surface area contributed by atoms with Crippen molar-refractivity contribution in [3.63, 3.8) is 0 Å². The molecule has 15 heavy (non-hydrogen) atoms. The number of hydrogen-bond donors (Lipinski definition) is 1. The smallest absolute Gasteiger partial charge is 0.00462 e. The summed E-state index contributed by atoms with van der Waals surface area (Å²) in [5.41, 5.74) is 1.31. The van der Waals surface area contributed by atoms with Gasteiger partial charge in [0.15, 0.2) is 0 Å². The van der Waals surface area contributed by atoms with Crippen LogP contribution in [-0.2, 0) is 0 Å². The van der Waals surface area contributed by atoms with Crippen molar-refractivity contribution in [2.24, 2.45) is 5.92 Å². The van der Waals surface area contributed by atoms with Gasteiger partial charge in [0.1, 0.15) is 0 Å². The van der Waals surface area contributed by atoms with Gasteiger partial charge >= 0.3 is 0 Å². The average Bonchev–Trinajstić information content (AvgIpc) is 2.32. The summed E-state index contributed by atoms with van der Waals surface area (Å²) in [5.74, 6) is 0.895. The Labute approximate surface area is 92.2 Å². The first-order valence-electron chi connectivity index (χ1n) is 5.87. The Morgan fingerprint density at radius 1 is 1.13 bits per heavy atom. The molecule has 1 nitrogen and oxygen atoms in total. The van der Waals surface area contributed by atoms with Crippen LogP contribution < -0.4 is 5.32 Å². The molecule has 1 saturated heterocycles. The van der Waals surface area contributed by atoms with Crippen LogP contribution in [0.2, 0.25) is 0 Å². The minimum Gasteiger partial charge on any atom is -0.317 e. The number of rotatable bonds is 3. The third-order valence-electron chi connectivity index (χ3n) is 3.04. The van der Waals surface area contributed by atoms with E-state index in [0.717, 1.165) is 5.92 Å². The molecule has 1 N–H and O–H groups in total. The lowest BCUT2D eigenvalue weighted by Crippen LogP contribution is -2.27. The first-order valence-corrected chi connectivity index (χ1v) is 5.87. The fourth-order valence-electron chi connectivity index (χ4n) is 2.08. The second-order valence-electron chi connectivity index (χ2n) is 4.24. The summed E-state index contributed by atoms with van der Waals surface area (Å²) in [4.78, 5) is 0. The standard InChI is InChI=1S/C14H19N/c1-2-5-13(6-3-1)7-4-8-14-9-11-15-12-10-14/h1-7,14-15H,8-12H2/b7-4+. The lowest BCUT2D eigenvalue weighted by atomic mass is 9.94. The number of nitrogens with one attached hydrogen (secondary N) is 1. The zero-order valence-corrected chi connectivity index (χ0v) is 9.15. The van der Waals surface area contributed by atoms with Crippen molar-refractivity contribution in [3.05, 3.63) is 42.0 Å². The van der Waals surface area contributed by atoms with Gasteiger partial charge in [0, 0.05) is 0 Å². The Morgan fingerprint density at radius 3 is 2.60 bits per heavy atom. The van der Waals surface area contributed by atoms with Crippen molar-refractivity contribution in [1.82, 2.24) is 5.32 Å².